The van der Waals surface area contributed by atoms with E-state index in [0.717, 1.165) is 0 Å². The Balaban J connectivity index is 2.74. The van der Waals surface area contributed by atoms with Crippen LogP contribution in [-0.2, 0) is 11.2 Å². The quantitative estimate of drug-likeness (QED) is 0.604. The molecule has 1 aromatic carbocycles. The summed E-state index contributed by atoms with van der Waals surface area (Å²) in [4.78, 5) is 23.5. The minimum Gasteiger partial charge on any atom is -0.395 e. The van der Waals surface area contributed by atoms with Gasteiger partial charge in [0.15, 0.2) is 0 Å². The van der Waals surface area contributed by atoms with E-state index in [0.29, 0.717) is 12.1 Å². The zero-order valence-corrected chi connectivity index (χ0v) is 10.2. The van der Waals surface area contributed by atoms with Gasteiger partial charge in [-0.15, -0.1) is 0 Å². The largest absolute Gasteiger partial charge is 0.395 e. The molecular weight excluding hydrogens is 236 g/mol. The van der Waals surface area contributed by atoms with Gasteiger partial charge in [0.25, 0.3) is 5.69 Å². The maximum Gasteiger partial charge on any atom is 0.269 e. The molecule has 0 saturated carbocycles. The average molecular weight is 252 g/mol. The van der Waals surface area contributed by atoms with Gasteiger partial charge in [-0.05, 0) is 12.5 Å². The molecule has 1 N–H and O–H groups in total. The van der Waals surface area contributed by atoms with Crippen molar-refractivity contribution in [1.82, 2.24) is 4.90 Å². The Kier molecular flexibility index (Phi) is 5.26. The lowest BCUT2D eigenvalue weighted by atomic mass is 10.1. The molecule has 0 saturated heterocycles. The van der Waals surface area contributed by atoms with Crippen LogP contribution in [0, 0.1) is 10.1 Å². The van der Waals surface area contributed by atoms with Gasteiger partial charge < -0.3 is 10.0 Å². The molecule has 0 bridgehead atoms. The van der Waals surface area contributed by atoms with Gasteiger partial charge in [-0.25, -0.2) is 0 Å². The molecule has 0 atom stereocenters. The Morgan fingerprint density at radius 1 is 1.50 bits per heavy atom. The number of hydrogen-bond acceptors (Lipinski definition) is 4. The van der Waals surface area contributed by atoms with E-state index in [-0.39, 0.29) is 31.2 Å². The highest BCUT2D eigenvalue weighted by Crippen LogP contribution is 2.14. The first kappa shape index (κ1) is 14.1. The molecular formula is C12H16N2O4. The van der Waals surface area contributed by atoms with Gasteiger partial charge in [0, 0.05) is 25.2 Å². The first-order valence-electron chi connectivity index (χ1n) is 5.70. The Bertz CT molecular complexity index is 434. The van der Waals surface area contributed by atoms with Crippen molar-refractivity contribution in [2.45, 2.75) is 13.3 Å². The summed E-state index contributed by atoms with van der Waals surface area (Å²) in [5, 5.41) is 19.4. The molecule has 0 spiro atoms. The number of nitro benzene ring substituents is 1. The van der Waals surface area contributed by atoms with E-state index in [1.807, 2.05) is 6.92 Å². The van der Waals surface area contributed by atoms with Crippen molar-refractivity contribution in [2.24, 2.45) is 0 Å². The SMILES string of the molecule is CCN(CCO)C(=O)Cc1cccc([N+](=O)[O-])c1. The fourth-order valence-electron chi connectivity index (χ4n) is 1.65. The van der Waals surface area contributed by atoms with E-state index in [9.17, 15) is 14.9 Å². The van der Waals surface area contributed by atoms with Crippen molar-refractivity contribution in [3.8, 4) is 0 Å². The summed E-state index contributed by atoms with van der Waals surface area (Å²) in [6.07, 6.45) is 0.107. The Labute approximate surface area is 105 Å². The number of non-ortho nitro benzene ring substituents is 1. The molecule has 6 heteroatoms. The van der Waals surface area contributed by atoms with Crippen LogP contribution in [0.25, 0.3) is 0 Å². The molecule has 6 nitrogen and oxygen atoms in total. The number of nitrogens with zero attached hydrogens (tertiary/aromatic N) is 2. The summed E-state index contributed by atoms with van der Waals surface area (Å²) in [6.45, 7) is 2.52. The number of carbonyl (C=O) groups excluding carboxylic acids is 1. The molecule has 0 unspecified atom stereocenters. The molecule has 0 fully saturated rings. The van der Waals surface area contributed by atoms with Crippen molar-refractivity contribution < 1.29 is 14.8 Å². The van der Waals surface area contributed by atoms with E-state index in [1.165, 1.54) is 17.0 Å². The number of aliphatic hydroxyl groups excluding tert-OH is 1. The van der Waals surface area contributed by atoms with Crippen LogP contribution in [0.3, 0.4) is 0 Å². The van der Waals surface area contributed by atoms with E-state index >= 15 is 0 Å². The Morgan fingerprint density at radius 3 is 2.78 bits per heavy atom. The fourth-order valence-corrected chi connectivity index (χ4v) is 1.65. The highest BCUT2D eigenvalue weighted by atomic mass is 16.6. The van der Waals surface area contributed by atoms with Crippen molar-refractivity contribution in [3.63, 3.8) is 0 Å². The number of aliphatic hydroxyl groups is 1. The summed E-state index contributed by atoms with van der Waals surface area (Å²) >= 11 is 0. The molecule has 98 valence electrons. The second-order valence-electron chi connectivity index (χ2n) is 3.80. The van der Waals surface area contributed by atoms with Crippen molar-refractivity contribution >= 4 is 11.6 Å². The monoisotopic (exact) mass is 252 g/mol. The predicted molar refractivity (Wildman–Crippen MR) is 66.1 cm³/mol. The lowest BCUT2D eigenvalue weighted by Gasteiger charge is -2.19. The van der Waals surface area contributed by atoms with Crippen molar-refractivity contribution in [2.75, 3.05) is 19.7 Å². The summed E-state index contributed by atoms with van der Waals surface area (Å²) in [6, 6.07) is 6.02. The third-order valence-corrected chi connectivity index (χ3v) is 2.58. The van der Waals surface area contributed by atoms with Gasteiger partial charge in [-0.3, -0.25) is 14.9 Å². The lowest BCUT2D eigenvalue weighted by molar-refractivity contribution is -0.384. The number of hydrogen-bond donors (Lipinski definition) is 1. The lowest BCUT2D eigenvalue weighted by Crippen LogP contribution is -2.34. The normalized spacial score (nSPS) is 10.1. The highest BCUT2D eigenvalue weighted by Gasteiger charge is 2.13. The van der Waals surface area contributed by atoms with Crippen LogP contribution in [0.1, 0.15) is 12.5 Å². The van der Waals surface area contributed by atoms with Gasteiger partial charge in [0.05, 0.1) is 18.0 Å². The summed E-state index contributed by atoms with van der Waals surface area (Å²) in [7, 11) is 0. The maximum absolute atomic E-state index is 11.9. The molecule has 0 aliphatic carbocycles. The number of benzene rings is 1. The molecule has 1 amide bonds. The van der Waals surface area contributed by atoms with Crippen LogP contribution in [0.2, 0.25) is 0 Å². The third-order valence-electron chi connectivity index (χ3n) is 2.58. The Morgan fingerprint density at radius 2 is 2.22 bits per heavy atom. The van der Waals surface area contributed by atoms with E-state index in [4.69, 9.17) is 5.11 Å². The number of rotatable bonds is 6. The number of amides is 1. The zero-order chi connectivity index (χ0) is 13.5. The van der Waals surface area contributed by atoms with Gasteiger partial charge in [-0.2, -0.15) is 0 Å². The standard InChI is InChI=1S/C12H16N2O4/c1-2-13(6-7-15)12(16)9-10-4-3-5-11(8-10)14(17)18/h3-5,8,15H,2,6-7,9H2,1H3. The molecule has 18 heavy (non-hydrogen) atoms. The molecule has 0 heterocycles. The van der Waals surface area contributed by atoms with Crippen LogP contribution in [0.5, 0.6) is 0 Å². The second-order valence-corrected chi connectivity index (χ2v) is 3.80. The summed E-state index contributed by atoms with van der Waals surface area (Å²) < 4.78 is 0. The molecule has 0 aromatic heterocycles. The number of carbonyl (C=O) groups is 1. The molecule has 0 aliphatic rings. The average Bonchev–Trinajstić information content (AvgIpc) is 2.36. The summed E-state index contributed by atoms with van der Waals surface area (Å²) in [5.41, 5.74) is 0.580. The number of nitro groups is 1. The molecule has 1 rings (SSSR count). The van der Waals surface area contributed by atoms with Gasteiger partial charge in [-0.1, -0.05) is 12.1 Å². The molecule has 0 radical (unpaired) electrons. The van der Waals surface area contributed by atoms with Gasteiger partial charge in [0.1, 0.15) is 0 Å². The molecule has 0 aliphatic heterocycles. The zero-order valence-electron chi connectivity index (χ0n) is 10.2. The van der Waals surface area contributed by atoms with Gasteiger partial charge >= 0.3 is 0 Å². The highest BCUT2D eigenvalue weighted by molar-refractivity contribution is 5.78. The topological polar surface area (TPSA) is 83.7 Å². The molecule has 1 aromatic rings. The maximum atomic E-state index is 11.9. The predicted octanol–water partition coefficient (Wildman–Crippen LogP) is 0.978. The van der Waals surface area contributed by atoms with E-state index < -0.39 is 4.92 Å². The first-order valence-corrected chi connectivity index (χ1v) is 5.70. The first-order chi connectivity index (χ1) is 8.58. The third kappa shape index (κ3) is 3.81. The van der Waals surface area contributed by atoms with Crippen LogP contribution < -0.4 is 0 Å². The fraction of sp³-hybridized carbons (Fsp3) is 0.417. The second kappa shape index (κ2) is 6.70. The van der Waals surface area contributed by atoms with Gasteiger partial charge in [0.2, 0.25) is 5.91 Å². The Hall–Kier alpha value is -1.95. The van der Waals surface area contributed by atoms with Crippen LogP contribution in [0.15, 0.2) is 24.3 Å². The van der Waals surface area contributed by atoms with Crippen molar-refractivity contribution in [3.05, 3.63) is 39.9 Å². The van der Waals surface area contributed by atoms with E-state index in [2.05, 4.69) is 0 Å². The van der Waals surface area contributed by atoms with E-state index in [1.54, 1.807) is 12.1 Å². The van der Waals surface area contributed by atoms with Crippen LogP contribution >= 0.6 is 0 Å². The minimum absolute atomic E-state index is 0.0227. The summed E-state index contributed by atoms with van der Waals surface area (Å²) in [5.74, 6) is -0.146. The smallest absolute Gasteiger partial charge is 0.269 e. The van der Waals surface area contributed by atoms with Crippen molar-refractivity contribution in [1.29, 1.82) is 0 Å². The minimum atomic E-state index is -0.487. The number of likely N-dealkylation sites (N-methyl/N-ethyl adjacent to an activating group) is 1. The van der Waals surface area contributed by atoms with Crippen LogP contribution in [-0.4, -0.2) is 40.5 Å². The van der Waals surface area contributed by atoms with Crippen LogP contribution in [0.4, 0.5) is 5.69 Å².